The van der Waals surface area contributed by atoms with E-state index >= 15 is 0 Å². The first kappa shape index (κ1) is 10.2. The van der Waals surface area contributed by atoms with Gasteiger partial charge in [0.05, 0.1) is 6.42 Å². The topological polar surface area (TPSA) is 54.4 Å². The third-order valence-electron chi connectivity index (χ3n) is 1.81. The Morgan fingerprint density at radius 3 is 2.57 bits per heavy atom. The Bertz CT molecular complexity index is 380. The highest BCUT2D eigenvalue weighted by molar-refractivity contribution is 6.05. The molecule has 1 rings (SSSR count). The maximum absolute atomic E-state index is 11.3. The van der Waals surface area contributed by atoms with Crippen molar-refractivity contribution in [3.63, 3.8) is 0 Å². The molecular weight excluding hydrogens is 180 g/mol. The Labute approximate surface area is 81.7 Å². The van der Waals surface area contributed by atoms with Gasteiger partial charge >= 0.3 is 5.97 Å². The number of hydrogen-bond donors (Lipinski definition) is 1. The zero-order valence-corrected chi connectivity index (χ0v) is 7.56. The molecule has 0 radical (unpaired) electrons. The number of hydrogen-bond acceptors (Lipinski definition) is 2. The van der Waals surface area contributed by atoms with Crippen molar-refractivity contribution in [2.24, 2.45) is 0 Å². The Kier molecular flexibility index (Phi) is 3.18. The second kappa shape index (κ2) is 4.37. The number of carboxylic acids is 1. The van der Waals surface area contributed by atoms with Crippen LogP contribution in [0.25, 0.3) is 0 Å². The van der Waals surface area contributed by atoms with E-state index in [1.165, 1.54) is 6.08 Å². The van der Waals surface area contributed by atoms with Crippen LogP contribution < -0.4 is 0 Å². The third kappa shape index (κ3) is 2.29. The minimum Gasteiger partial charge on any atom is -0.481 e. The van der Waals surface area contributed by atoms with Gasteiger partial charge in [0.2, 0.25) is 0 Å². The molecule has 3 heteroatoms. The molecule has 0 aromatic heterocycles. The third-order valence-corrected chi connectivity index (χ3v) is 1.81. The van der Waals surface area contributed by atoms with Gasteiger partial charge in [0.15, 0.2) is 5.78 Å². The van der Waals surface area contributed by atoms with Gasteiger partial charge in [-0.2, -0.15) is 0 Å². The highest BCUT2D eigenvalue weighted by Crippen LogP contribution is 2.10. The molecule has 1 N–H and O–H groups in total. The van der Waals surface area contributed by atoms with E-state index in [0.717, 1.165) is 0 Å². The molecule has 0 amide bonds. The van der Waals surface area contributed by atoms with E-state index < -0.39 is 5.97 Å². The molecule has 1 aromatic carbocycles. The number of benzene rings is 1. The van der Waals surface area contributed by atoms with Crippen LogP contribution in [-0.4, -0.2) is 16.9 Å². The fourth-order valence-electron chi connectivity index (χ4n) is 1.19. The maximum Gasteiger partial charge on any atom is 0.307 e. The normalized spacial score (nSPS) is 9.43. The van der Waals surface area contributed by atoms with Gasteiger partial charge in [-0.3, -0.25) is 9.59 Å². The minimum absolute atomic E-state index is 0.143. The summed E-state index contributed by atoms with van der Waals surface area (Å²) in [6.45, 7) is 3.36. The van der Waals surface area contributed by atoms with E-state index in [4.69, 9.17) is 5.11 Å². The van der Waals surface area contributed by atoms with Crippen LogP contribution in [0.4, 0.5) is 0 Å². The predicted molar refractivity (Wildman–Crippen MR) is 52.3 cm³/mol. The van der Waals surface area contributed by atoms with Gasteiger partial charge < -0.3 is 5.11 Å². The van der Waals surface area contributed by atoms with Crippen LogP contribution in [0.1, 0.15) is 15.9 Å². The smallest absolute Gasteiger partial charge is 0.307 e. The number of aliphatic carboxylic acids is 1. The molecule has 1 aromatic rings. The quantitative estimate of drug-likeness (QED) is 0.580. The molecule has 0 bridgehead atoms. The average molecular weight is 190 g/mol. The average Bonchev–Trinajstić information content (AvgIpc) is 2.16. The second-order valence-electron chi connectivity index (χ2n) is 2.80. The van der Waals surface area contributed by atoms with Gasteiger partial charge in [0.1, 0.15) is 0 Å². The lowest BCUT2D eigenvalue weighted by atomic mass is 10.0. The molecule has 0 fully saturated rings. The van der Waals surface area contributed by atoms with Gasteiger partial charge in [0, 0.05) is 5.56 Å². The molecule has 72 valence electrons. The number of carbonyl (C=O) groups is 2. The molecule has 0 heterocycles. The molecule has 0 aliphatic heterocycles. The Hall–Kier alpha value is -1.90. The number of carbonyl (C=O) groups excluding carboxylic acids is 1. The van der Waals surface area contributed by atoms with Gasteiger partial charge in [-0.25, -0.2) is 0 Å². The monoisotopic (exact) mass is 190 g/mol. The van der Waals surface area contributed by atoms with E-state index in [1.807, 2.05) is 0 Å². The summed E-state index contributed by atoms with van der Waals surface area (Å²) in [4.78, 5) is 21.8. The lowest BCUT2D eigenvalue weighted by molar-refractivity contribution is -0.136. The van der Waals surface area contributed by atoms with Gasteiger partial charge in [-0.15, -0.1) is 0 Å². The fourth-order valence-corrected chi connectivity index (χ4v) is 1.19. The molecule has 0 unspecified atom stereocenters. The maximum atomic E-state index is 11.3. The number of rotatable bonds is 4. The minimum atomic E-state index is -0.950. The number of ketones is 1. The zero-order chi connectivity index (χ0) is 10.6. The molecule has 0 atom stereocenters. The van der Waals surface area contributed by atoms with E-state index in [2.05, 4.69) is 6.58 Å². The molecule has 3 nitrogen and oxygen atoms in total. The summed E-state index contributed by atoms with van der Waals surface area (Å²) in [5.41, 5.74) is 0.926. The summed E-state index contributed by atoms with van der Waals surface area (Å²) < 4.78 is 0. The summed E-state index contributed by atoms with van der Waals surface area (Å²) in [6.07, 6.45) is 1.04. The van der Waals surface area contributed by atoms with Gasteiger partial charge in [-0.05, 0) is 11.6 Å². The first-order valence-electron chi connectivity index (χ1n) is 4.11. The van der Waals surface area contributed by atoms with E-state index in [1.54, 1.807) is 24.3 Å². The van der Waals surface area contributed by atoms with Crippen molar-refractivity contribution in [3.05, 3.63) is 48.0 Å². The summed E-state index contributed by atoms with van der Waals surface area (Å²) in [5.74, 6) is -1.20. The predicted octanol–water partition coefficient (Wildman–Crippen LogP) is 1.68. The lowest BCUT2D eigenvalue weighted by Crippen LogP contribution is -2.06. The molecular formula is C11H10O3. The van der Waals surface area contributed by atoms with Crippen molar-refractivity contribution in [3.8, 4) is 0 Å². The highest BCUT2D eigenvalue weighted by atomic mass is 16.4. The van der Waals surface area contributed by atoms with Crippen molar-refractivity contribution in [2.45, 2.75) is 6.42 Å². The molecule has 0 saturated carbocycles. The van der Waals surface area contributed by atoms with Crippen LogP contribution in [-0.2, 0) is 11.2 Å². The molecule has 0 aliphatic carbocycles. The molecule has 0 aliphatic rings. The van der Waals surface area contributed by atoms with Crippen LogP contribution in [0.15, 0.2) is 36.9 Å². The standard InChI is InChI=1S/C11H10O3/c1-2-10(12)9-6-4-3-5-8(9)7-11(13)14/h2-6H,1,7H2,(H,13,14). The largest absolute Gasteiger partial charge is 0.481 e. The van der Waals surface area contributed by atoms with Gasteiger partial charge in [0.25, 0.3) is 0 Å². The second-order valence-corrected chi connectivity index (χ2v) is 2.80. The summed E-state index contributed by atoms with van der Waals surface area (Å²) in [7, 11) is 0. The van der Waals surface area contributed by atoms with Crippen molar-refractivity contribution in [1.82, 2.24) is 0 Å². The summed E-state index contributed by atoms with van der Waals surface area (Å²) in [6, 6.07) is 6.63. The van der Waals surface area contributed by atoms with Crippen molar-refractivity contribution < 1.29 is 14.7 Å². The van der Waals surface area contributed by atoms with Crippen LogP contribution in [0.5, 0.6) is 0 Å². The van der Waals surface area contributed by atoms with Crippen LogP contribution >= 0.6 is 0 Å². The van der Waals surface area contributed by atoms with E-state index in [9.17, 15) is 9.59 Å². The Morgan fingerprint density at radius 1 is 1.36 bits per heavy atom. The van der Waals surface area contributed by atoms with E-state index in [-0.39, 0.29) is 12.2 Å². The molecule has 0 saturated heterocycles. The summed E-state index contributed by atoms with van der Waals surface area (Å²) >= 11 is 0. The van der Waals surface area contributed by atoms with Crippen molar-refractivity contribution in [2.75, 3.05) is 0 Å². The van der Waals surface area contributed by atoms with Crippen LogP contribution in [0.3, 0.4) is 0 Å². The van der Waals surface area contributed by atoms with Crippen molar-refractivity contribution in [1.29, 1.82) is 0 Å². The van der Waals surface area contributed by atoms with Crippen LogP contribution in [0, 0.1) is 0 Å². The number of carboxylic acid groups (broad SMARTS) is 1. The highest BCUT2D eigenvalue weighted by Gasteiger charge is 2.09. The first-order chi connectivity index (χ1) is 6.65. The SMILES string of the molecule is C=CC(=O)c1ccccc1CC(=O)O. The lowest BCUT2D eigenvalue weighted by Gasteiger charge is -2.03. The van der Waals surface area contributed by atoms with Crippen molar-refractivity contribution >= 4 is 11.8 Å². The Morgan fingerprint density at radius 2 is 2.00 bits per heavy atom. The summed E-state index contributed by atoms with van der Waals surface area (Å²) in [5, 5.41) is 8.61. The zero-order valence-electron chi connectivity index (χ0n) is 7.56. The Balaban J connectivity index is 3.08. The molecule has 0 spiro atoms. The number of allylic oxidation sites excluding steroid dienone is 1. The van der Waals surface area contributed by atoms with E-state index in [0.29, 0.717) is 11.1 Å². The van der Waals surface area contributed by atoms with Crippen LogP contribution in [0.2, 0.25) is 0 Å². The first-order valence-corrected chi connectivity index (χ1v) is 4.11. The fraction of sp³-hybridized carbons (Fsp3) is 0.0909. The van der Waals surface area contributed by atoms with Gasteiger partial charge in [-0.1, -0.05) is 30.8 Å². The molecule has 14 heavy (non-hydrogen) atoms.